The van der Waals surface area contributed by atoms with Gasteiger partial charge in [-0.25, -0.2) is 0 Å². The van der Waals surface area contributed by atoms with Gasteiger partial charge in [-0.3, -0.25) is 0 Å². The molecule has 0 spiro atoms. The SMILES string of the molecule is CCC#CN/C=C\NC. The quantitative estimate of drug-likeness (QED) is 0.417. The zero-order valence-electron chi connectivity index (χ0n) is 5.86. The van der Waals surface area contributed by atoms with Crippen LogP contribution in [0.15, 0.2) is 12.4 Å². The van der Waals surface area contributed by atoms with Crippen molar-refractivity contribution in [2.75, 3.05) is 7.05 Å². The van der Waals surface area contributed by atoms with Gasteiger partial charge >= 0.3 is 0 Å². The summed E-state index contributed by atoms with van der Waals surface area (Å²) in [6.45, 7) is 2.01. The third-order valence-corrected chi connectivity index (χ3v) is 0.671. The molecule has 0 unspecified atom stereocenters. The number of hydrogen-bond acceptors (Lipinski definition) is 2. The summed E-state index contributed by atoms with van der Waals surface area (Å²) in [5.74, 6) is 2.87. The minimum Gasteiger partial charge on any atom is -0.393 e. The molecule has 9 heavy (non-hydrogen) atoms. The first-order valence-electron chi connectivity index (χ1n) is 2.97. The maximum Gasteiger partial charge on any atom is 0.0250 e. The Balaban J connectivity index is 3.18. The number of rotatable bonds is 2. The summed E-state index contributed by atoms with van der Waals surface area (Å²) in [5.41, 5.74) is 0. The maximum atomic E-state index is 2.87. The molecule has 2 N–H and O–H groups in total. The Kier molecular flexibility index (Phi) is 6.06. The molecule has 0 saturated heterocycles. The van der Waals surface area contributed by atoms with Gasteiger partial charge in [0.25, 0.3) is 0 Å². The summed E-state index contributed by atoms with van der Waals surface area (Å²) in [7, 11) is 1.84. The van der Waals surface area contributed by atoms with Gasteiger partial charge in [0.15, 0.2) is 0 Å². The average molecular weight is 124 g/mol. The monoisotopic (exact) mass is 124 g/mol. The Bertz CT molecular complexity index is 128. The molecule has 0 aliphatic carbocycles. The second-order valence-corrected chi connectivity index (χ2v) is 1.42. The van der Waals surface area contributed by atoms with Crippen LogP contribution >= 0.6 is 0 Å². The van der Waals surface area contributed by atoms with Crippen LogP contribution in [-0.4, -0.2) is 7.05 Å². The minimum absolute atomic E-state index is 0.889. The summed E-state index contributed by atoms with van der Waals surface area (Å²) in [5, 5.41) is 5.62. The molecule has 2 nitrogen and oxygen atoms in total. The molecule has 0 saturated carbocycles. The molecule has 0 atom stereocenters. The zero-order chi connectivity index (χ0) is 6.95. The van der Waals surface area contributed by atoms with Crippen LogP contribution in [0.5, 0.6) is 0 Å². The lowest BCUT2D eigenvalue weighted by Crippen LogP contribution is -1.98. The topological polar surface area (TPSA) is 24.1 Å². The second kappa shape index (κ2) is 6.90. The molecule has 0 aromatic heterocycles. The normalized spacial score (nSPS) is 8.22. The van der Waals surface area contributed by atoms with Crippen LogP contribution in [0.25, 0.3) is 0 Å². The Morgan fingerprint density at radius 3 is 2.78 bits per heavy atom. The number of hydrogen-bond donors (Lipinski definition) is 2. The van der Waals surface area contributed by atoms with Gasteiger partial charge in [0.1, 0.15) is 0 Å². The van der Waals surface area contributed by atoms with Crippen LogP contribution in [0.1, 0.15) is 13.3 Å². The summed E-state index contributed by atoms with van der Waals surface area (Å²) >= 11 is 0. The van der Waals surface area contributed by atoms with Crippen LogP contribution in [0.4, 0.5) is 0 Å². The molecule has 0 heterocycles. The van der Waals surface area contributed by atoms with Gasteiger partial charge in [-0.05, 0) is 0 Å². The third-order valence-electron chi connectivity index (χ3n) is 0.671. The Morgan fingerprint density at radius 1 is 1.44 bits per heavy atom. The van der Waals surface area contributed by atoms with Crippen molar-refractivity contribution in [2.45, 2.75) is 13.3 Å². The molecule has 0 aliphatic heterocycles. The molecular formula is C7H12N2. The van der Waals surface area contributed by atoms with Crippen molar-refractivity contribution < 1.29 is 0 Å². The fourth-order valence-electron chi connectivity index (χ4n) is 0.306. The number of nitrogens with one attached hydrogen (secondary N) is 2. The molecule has 0 radical (unpaired) electrons. The van der Waals surface area contributed by atoms with Crippen LogP contribution in [0, 0.1) is 12.0 Å². The Labute approximate surface area is 56.3 Å². The van der Waals surface area contributed by atoms with Gasteiger partial charge < -0.3 is 10.6 Å². The van der Waals surface area contributed by atoms with Crippen molar-refractivity contribution in [3.8, 4) is 12.0 Å². The van der Waals surface area contributed by atoms with E-state index >= 15 is 0 Å². The minimum atomic E-state index is 0.889. The first-order chi connectivity index (χ1) is 4.41. The van der Waals surface area contributed by atoms with Crippen molar-refractivity contribution in [1.82, 2.24) is 10.6 Å². The highest BCUT2D eigenvalue weighted by atomic mass is 14.8. The van der Waals surface area contributed by atoms with E-state index in [2.05, 4.69) is 22.6 Å². The van der Waals surface area contributed by atoms with Crippen LogP contribution < -0.4 is 10.6 Å². The van der Waals surface area contributed by atoms with Gasteiger partial charge in [-0.15, -0.1) is 0 Å². The molecule has 0 aromatic rings. The fraction of sp³-hybridized carbons (Fsp3) is 0.429. The smallest absolute Gasteiger partial charge is 0.0250 e. The predicted octanol–water partition coefficient (Wildman–Crippen LogP) is 0.638. The maximum absolute atomic E-state index is 2.87. The van der Waals surface area contributed by atoms with Gasteiger partial charge in [-0.2, -0.15) is 0 Å². The molecule has 0 aromatic carbocycles. The first-order valence-corrected chi connectivity index (χ1v) is 2.97. The van der Waals surface area contributed by atoms with Crippen molar-refractivity contribution in [3.05, 3.63) is 12.4 Å². The highest BCUT2D eigenvalue weighted by Crippen LogP contribution is 1.63. The average Bonchev–Trinajstić information content (AvgIpc) is 1.89. The molecular weight excluding hydrogens is 112 g/mol. The van der Waals surface area contributed by atoms with E-state index < -0.39 is 0 Å². The van der Waals surface area contributed by atoms with Gasteiger partial charge in [0.2, 0.25) is 0 Å². The van der Waals surface area contributed by atoms with Gasteiger partial charge in [0.05, 0.1) is 0 Å². The molecule has 2 heteroatoms. The first kappa shape index (κ1) is 7.90. The fourth-order valence-corrected chi connectivity index (χ4v) is 0.306. The summed E-state index contributed by atoms with van der Waals surface area (Å²) in [6.07, 6.45) is 4.42. The predicted molar refractivity (Wildman–Crippen MR) is 39.4 cm³/mol. The van der Waals surface area contributed by atoms with Gasteiger partial charge in [0, 0.05) is 31.9 Å². The lowest BCUT2D eigenvalue weighted by molar-refractivity contribution is 1.07. The summed E-state index contributed by atoms with van der Waals surface area (Å²) in [6, 6.07) is 2.74. The molecule has 0 bridgehead atoms. The van der Waals surface area contributed by atoms with E-state index in [-0.39, 0.29) is 0 Å². The zero-order valence-corrected chi connectivity index (χ0v) is 5.86. The third kappa shape index (κ3) is 6.90. The van der Waals surface area contributed by atoms with Crippen molar-refractivity contribution in [3.63, 3.8) is 0 Å². The molecule has 0 rings (SSSR count). The van der Waals surface area contributed by atoms with Crippen molar-refractivity contribution >= 4 is 0 Å². The van der Waals surface area contributed by atoms with E-state index in [4.69, 9.17) is 0 Å². The summed E-state index contributed by atoms with van der Waals surface area (Å²) in [4.78, 5) is 0. The highest BCUT2D eigenvalue weighted by molar-refractivity contribution is 4.99. The van der Waals surface area contributed by atoms with Crippen LogP contribution in [-0.2, 0) is 0 Å². The lowest BCUT2D eigenvalue weighted by atomic mass is 10.5. The van der Waals surface area contributed by atoms with E-state index in [0.29, 0.717) is 0 Å². The van der Waals surface area contributed by atoms with Crippen molar-refractivity contribution in [1.29, 1.82) is 0 Å². The largest absolute Gasteiger partial charge is 0.393 e. The summed E-state index contributed by atoms with van der Waals surface area (Å²) < 4.78 is 0. The molecule has 50 valence electrons. The van der Waals surface area contributed by atoms with Gasteiger partial charge in [-0.1, -0.05) is 12.8 Å². The van der Waals surface area contributed by atoms with E-state index in [9.17, 15) is 0 Å². The molecule has 0 amide bonds. The van der Waals surface area contributed by atoms with E-state index in [1.807, 2.05) is 14.0 Å². The van der Waals surface area contributed by atoms with Crippen LogP contribution in [0.3, 0.4) is 0 Å². The Morgan fingerprint density at radius 2 is 2.22 bits per heavy atom. The van der Waals surface area contributed by atoms with E-state index in [1.165, 1.54) is 0 Å². The van der Waals surface area contributed by atoms with E-state index in [0.717, 1.165) is 6.42 Å². The molecule has 0 aliphatic rings. The van der Waals surface area contributed by atoms with E-state index in [1.54, 1.807) is 12.4 Å². The highest BCUT2D eigenvalue weighted by Gasteiger charge is 1.61. The standard InChI is InChI=1S/C7H12N2/c1-3-4-5-9-7-6-8-2/h6-9H,3H2,1-2H3/b7-6-. The lowest BCUT2D eigenvalue weighted by Gasteiger charge is -1.83. The molecule has 0 fully saturated rings. The van der Waals surface area contributed by atoms with Crippen LogP contribution in [0.2, 0.25) is 0 Å². The van der Waals surface area contributed by atoms with Crippen molar-refractivity contribution in [2.24, 2.45) is 0 Å². The second-order valence-electron chi connectivity index (χ2n) is 1.42. The Hall–Kier alpha value is -1.10.